The van der Waals surface area contributed by atoms with E-state index in [-0.39, 0.29) is 23.9 Å². The van der Waals surface area contributed by atoms with Crippen LogP contribution in [0.15, 0.2) is 60.0 Å². The van der Waals surface area contributed by atoms with Crippen molar-refractivity contribution in [3.63, 3.8) is 0 Å². The van der Waals surface area contributed by atoms with Crippen LogP contribution in [0.5, 0.6) is 0 Å². The van der Waals surface area contributed by atoms with E-state index < -0.39 is 5.82 Å². The van der Waals surface area contributed by atoms with Gasteiger partial charge in [-0.05, 0) is 73.0 Å². The smallest absolute Gasteiger partial charge is 0.254 e. The Bertz CT molecular complexity index is 1260. The molecule has 0 N–H and O–H groups in total. The molecule has 0 unspecified atom stereocenters. The van der Waals surface area contributed by atoms with E-state index in [0.717, 1.165) is 13.0 Å². The predicted molar refractivity (Wildman–Crippen MR) is 141 cm³/mol. The van der Waals surface area contributed by atoms with E-state index in [2.05, 4.69) is 47.5 Å². The number of nitrogens with zero attached hydrogens (tertiary/aromatic N) is 3. The number of carbonyl (C=O) groups is 2. The van der Waals surface area contributed by atoms with Crippen LogP contribution >= 0.6 is 11.3 Å². The van der Waals surface area contributed by atoms with Crippen LogP contribution < -0.4 is 0 Å². The first-order valence-corrected chi connectivity index (χ1v) is 13.5. The first kappa shape index (κ1) is 24.7. The third-order valence-electron chi connectivity index (χ3n) is 7.51. The Morgan fingerprint density at radius 2 is 1.72 bits per heavy atom. The lowest BCUT2D eigenvalue weighted by Gasteiger charge is -2.41. The third kappa shape index (κ3) is 4.82. The highest BCUT2D eigenvalue weighted by Crippen LogP contribution is 2.40. The maximum atomic E-state index is 13.8. The zero-order valence-corrected chi connectivity index (χ0v) is 21.6. The molecule has 0 bridgehead atoms. The van der Waals surface area contributed by atoms with Gasteiger partial charge in [-0.15, -0.1) is 11.3 Å². The molecular weight excluding hydrogens is 473 g/mol. The number of thiophene rings is 1. The van der Waals surface area contributed by atoms with Gasteiger partial charge in [0.1, 0.15) is 5.82 Å². The molecule has 5 nitrogen and oxygen atoms in total. The van der Waals surface area contributed by atoms with Crippen molar-refractivity contribution < 1.29 is 14.0 Å². The molecule has 1 aromatic heterocycles. The first-order chi connectivity index (χ1) is 17.4. The van der Waals surface area contributed by atoms with Gasteiger partial charge in [0, 0.05) is 43.2 Å². The van der Waals surface area contributed by atoms with Crippen LogP contribution in [0.1, 0.15) is 51.3 Å². The van der Waals surface area contributed by atoms with E-state index in [1.807, 2.05) is 11.8 Å². The largest absolute Gasteiger partial charge is 0.340 e. The zero-order chi connectivity index (χ0) is 25.2. The van der Waals surface area contributed by atoms with Crippen LogP contribution in [0.3, 0.4) is 0 Å². The quantitative estimate of drug-likeness (QED) is 0.506. The molecule has 2 atom stereocenters. The van der Waals surface area contributed by atoms with Gasteiger partial charge in [-0.2, -0.15) is 0 Å². The highest BCUT2D eigenvalue weighted by molar-refractivity contribution is 7.10. The fourth-order valence-corrected chi connectivity index (χ4v) is 6.45. The number of aryl methyl sites for hydroxylation is 1. The Balaban J connectivity index is 1.32. The summed E-state index contributed by atoms with van der Waals surface area (Å²) in [5.41, 5.74) is 4.14. The lowest BCUT2D eigenvalue weighted by atomic mass is 9.89. The van der Waals surface area contributed by atoms with Crippen LogP contribution in [0.4, 0.5) is 4.39 Å². The minimum absolute atomic E-state index is 0.0539. The van der Waals surface area contributed by atoms with Crippen molar-refractivity contribution in [1.29, 1.82) is 0 Å². The number of rotatable bonds is 4. The summed E-state index contributed by atoms with van der Waals surface area (Å²) in [4.78, 5) is 34.1. The lowest BCUT2D eigenvalue weighted by Crippen LogP contribution is -2.51. The second kappa shape index (κ2) is 10.5. The van der Waals surface area contributed by atoms with Crippen molar-refractivity contribution in [2.45, 2.75) is 38.8 Å². The number of fused-ring (bicyclic) bond motifs is 1. The van der Waals surface area contributed by atoms with Gasteiger partial charge in [0.15, 0.2) is 0 Å². The first-order valence-electron chi connectivity index (χ1n) is 12.6. The molecule has 7 heteroatoms. The Kier molecular flexibility index (Phi) is 7.21. The number of carbonyl (C=O) groups excluding carboxylic acids is 2. The van der Waals surface area contributed by atoms with Gasteiger partial charge in [0.25, 0.3) is 5.91 Å². The third-order valence-corrected chi connectivity index (χ3v) is 8.50. The Morgan fingerprint density at radius 1 is 0.944 bits per heavy atom. The van der Waals surface area contributed by atoms with Gasteiger partial charge in [-0.1, -0.05) is 30.3 Å². The van der Waals surface area contributed by atoms with E-state index in [0.29, 0.717) is 38.2 Å². The molecule has 3 heterocycles. The van der Waals surface area contributed by atoms with E-state index >= 15 is 0 Å². The van der Waals surface area contributed by atoms with Crippen LogP contribution in [-0.2, 0) is 11.2 Å². The highest BCUT2D eigenvalue weighted by atomic mass is 32.1. The fourth-order valence-electron chi connectivity index (χ4n) is 5.54. The average Bonchev–Trinajstić information content (AvgIpc) is 3.23. The molecule has 188 valence electrons. The maximum absolute atomic E-state index is 13.8. The molecule has 2 aromatic carbocycles. The van der Waals surface area contributed by atoms with Crippen molar-refractivity contribution in [1.82, 2.24) is 14.7 Å². The van der Waals surface area contributed by atoms with E-state index in [1.165, 1.54) is 33.7 Å². The summed E-state index contributed by atoms with van der Waals surface area (Å²) in [6.45, 7) is 7.09. The predicted octanol–water partition coefficient (Wildman–Crippen LogP) is 4.91. The number of halogens is 1. The average molecular weight is 506 g/mol. The monoisotopic (exact) mass is 505 g/mol. The van der Waals surface area contributed by atoms with Gasteiger partial charge < -0.3 is 9.80 Å². The second-order valence-corrected chi connectivity index (χ2v) is 10.7. The van der Waals surface area contributed by atoms with Crippen molar-refractivity contribution in [2.24, 2.45) is 0 Å². The molecule has 0 spiro atoms. The zero-order valence-electron chi connectivity index (χ0n) is 20.8. The summed E-state index contributed by atoms with van der Waals surface area (Å²) in [7, 11) is 0. The molecule has 1 saturated heterocycles. The normalized spacial score (nSPS) is 19.5. The maximum Gasteiger partial charge on any atom is 0.254 e. The number of hydrogen-bond acceptors (Lipinski definition) is 4. The molecule has 2 amide bonds. The Hall–Kier alpha value is -3.03. The molecule has 2 aliphatic rings. The van der Waals surface area contributed by atoms with Gasteiger partial charge in [0.2, 0.25) is 5.91 Å². The summed E-state index contributed by atoms with van der Waals surface area (Å²) in [6, 6.07) is 16.2. The van der Waals surface area contributed by atoms with Crippen molar-refractivity contribution in [3.8, 4) is 0 Å². The minimum Gasteiger partial charge on any atom is -0.340 e. The summed E-state index contributed by atoms with van der Waals surface area (Å²) >= 11 is 1.80. The van der Waals surface area contributed by atoms with Gasteiger partial charge in [0.05, 0.1) is 12.1 Å². The highest BCUT2D eigenvalue weighted by Gasteiger charge is 2.37. The van der Waals surface area contributed by atoms with Gasteiger partial charge in [-0.25, -0.2) is 4.39 Å². The molecule has 2 aliphatic heterocycles. The second-order valence-electron chi connectivity index (χ2n) is 9.70. The number of benzene rings is 2. The van der Waals surface area contributed by atoms with E-state index in [9.17, 15) is 14.0 Å². The van der Waals surface area contributed by atoms with Crippen LogP contribution in [0.25, 0.3) is 0 Å². The number of amides is 2. The van der Waals surface area contributed by atoms with Crippen LogP contribution in [-0.4, -0.2) is 65.3 Å². The Labute approximate surface area is 216 Å². The summed E-state index contributed by atoms with van der Waals surface area (Å²) in [6.07, 6.45) is 1.65. The van der Waals surface area contributed by atoms with E-state index in [4.69, 9.17) is 0 Å². The van der Waals surface area contributed by atoms with E-state index in [1.54, 1.807) is 28.4 Å². The minimum atomic E-state index is -0.417. The van der Waals surface area contributed by atoms with Crippen molar-refractivity contribution in [3.05, 3.63) is 92.9 Å². The fraction of sp³-hybridized carbons (Fsp3) is 0.379. The topological polar surface area (TPSA) is 43.9 Å². The van der Waals surface area contributed by atoms with Gasteiger partial charge in [-0.3, -0.25) is 14.5 Å². The summed E-state index contributed by atoms with van der Waals surface area (Å²) in [5, 5.41) is 2.16. The molecule has 1 fully saturated rings. The van der Waals surface area contributed by atoms with Gasteiger partial charge >= 0.3 is 0 Å². The molecule has 0 radical (unpaired) electrons. The lowest BCUT2D eigenvalue weighted by molar-refractivity contribution is -0.137. The summed E-state index contributed by atoms with van der Waals surface area (Å²) < 4.78 is 13.6. The van der Waals surface area contributed by atoms with Crippen LogP contribution in [0.2, 0.25) is 0 Å². The standard InChI is InChI=1S/C29H32FN3O2S/c1-20-7-3-4-10-24(20)27-25-12-18-36-26(25)11-15-33(27)21(2)28(34)31-13-6-14-32(17-16-31)29(35)22-8-5-9-23(30)19-22/h3-5,7-10,12,18-19,21,27H,6,11,13-17H2,1-2H3/t21-,27+/m0/s1. The SMILES string of the molecule is Cc1ccccc1[C@@H]1c2ccsc2CCN1[C@@H](C)C(=O)N1CCCN(C(=O)c2cccc(F)c2)CC1. The molecule has 3 aromatic rings. The van der Waals surface area contributed by atoms with Crippen molar-refractivity contribution >= 4 is 23.2 Å². The van der Waals surface area contributed by atoms with Crippen molar-refractivity contribution in [2.75, 3.05) is 32.7 Å². The molecule has 36 heavy (non-hydrogen) atoms. The Morgan fingerprint density at radius 3 is 2.53 bits per heavy atom. The molecule has 5 rings (SSSR count). The van der Waals surface area contributed by atoms with Crippen LogP contribution in [0, 0.1) is 12.7 Å². The molecule has 0 aliphatic carbocycles. The molecular formula is C29H32FN3O2S. The molecule has 0 saturated carbocycles. The number of hydrogen-bond donors (Lipinski definition) is 0. The summed E-state index contributed by atoms with van der Waals surface area (Å²) in [5.74, 6) is -0.496.